The molecule has 1 amide bonds. The Morgan fingerprint density at radius 2 is 1.77 bits per heavy atom. The summed E-state index contributed by atoms with van der Waals surface area (Å²) >= 11 is 0. The lowest BCUT2D eigenvalue weighted by Gasteiger charge is -2.37. The highest BCUT2D eigenvalue weighted by atomic mass is 19.1. The highest BCUT2D eigenvalue weighted by Gasteiger charge is 2.29. The lowest BCUT2D eigenvalue weighted by molar-refractivity contribution is 0.0241. The second-order valence-corrected chi connectivity index (χ2v) is 9.30. The first kappa shape index (κ1) is 24.4. The molecule has 10 heteroatoms. The molecule has 4 rings (SSSR count). The van der Waals surface area contributed by atoms with Gasteiger partial charge in [-0.05, 0) is 39.0 Å². The predicted molar refractivity (Wildman–Crippen MR) is 128 cm³/mol. The van der Waals surface area contributed by atoms with Crippen molar-refractivity contribution in [2.45, 2.75) is 26.4 Å². The van der Waals surface area contributed by atoms with Crippen LogP contribution in [0.3, 0.4) is 0 Å². The topological polar surface area (TPSA) is 77.9 Å². The van der Waals surface area contributed by atoms with Crippen molar-refractivity contribution < 1.29 is 27.8 Å². The summed E-state index contributed by atoms with van der Waals surface area (Å²) in [5.41, 5.74) is -0.955. The summed E-state index contributed by atoms with van der Waals surface area (Å²) in [5, 5.41) is 13.3. The molecule has 1 aromatic heterocycles. The maximum Gasteiger partial charge on any atom is 0.410 e. The number of nitrogens with zero attached hydrogens (tertiary/aromatic N) is 3. The summed E-state index contributed by atoms with van der Waals surface area (Å²) < 4.78 is 50.7. The molecule has 7 nitrogen and oxygen atoms in total. The van der Waals surface area contributed by atoms with E-state index in [-0.39, 0.29) is 10.9 Å². The Bertz CT molecular complexity index is 1270. The van der Waals surface area contributed by atoms with Gasteiger partial charge in [0.2, 0.25) is 0 Å². The molecule has 1 fully saturated rings. The Balaban J connectivity index is 1.75. The SMILES string of the molecule is CNc1cnc2c(F)c(-c3c(O)cccc3F)c(F)cc2c1N1CCN(C(=O)OC(C)(C)C)CC1. The lowest BCUT2D eigenvalue weighted by atomic mass is 9.99. The molecule has 2 heterocycles. The van der Waals surface area contributed by atoms with E-state index in [1.165, 1.54) is 12.3 Å². The number of pyridine rings is 1. The van der Waals surface area contributed by atoms with E-state index in [0.29, 0.717) is 37.6 Å². The zero-order chi connectivity index (χ0) is 25.5. The fraction of sp³-hybridized carbons (Fsp3) is 0.360. The van der Waals surface area contributed by atoms with Gasteiger partial charge in [0.1, 0.15) is 28.5 Å². The third kappa shape index (κ3) is 4.65. The van der Waals surface area contributed by atoms with Gasteiger partial charge in [0.15, 0.2) is 5.82 Å². The Morgan fingerprint density at radius 3 is 2.37 bits per heavy atom. The third-order valence-electron chi connectivity index (χ3n) is 5.78. The molecule has 2 N–H and O–H groups in total. The number of phenols is 1. The van der Waals surface area contributed by atoms with E-state index in [1.54, 1.807) is 32.7 Å². The molecule has 0 bridgehead atoms. The van der Waals surface area contributed by atoms with Crippen molar-refractivity contribution in [1.29, 1.82) is 0 Å². The van der Waals surface area contributed by atoms with Gasteiger partial charge in [-0.1, -0.05) is 6.07 Å². The molecule has 3 aromatic rings. The predicted octanol–water partition coefficient (Wildman–Crippen LogP) is 5.12. The van der Waals surface area contributed by atoms with Gasteiger partial charge >= 0.3 is 6.09 Å². The first-order valence-corrected chi connectivity index (χ1v) is 11.2. The maximum absolute atomic E-state index is 15.6. The highest BCUT2D eigenvalue weighted by molar-refractivity contribution is 6.00. The molecule has 2 aromatic carbocycles. The van der Waals surface area contributed by atoms with Crippen molar-refractivity contribution in [2.75, 3.05) is 43.4 Å². The van der Waals surface area contributed by atoms with Crippen LogP contribution in [0.4, 0.5) is 29.3 Å². The summed E-state index contributed by atoms with van der Waals surface area (Å²) in [7, 11) is 1.67. The number of phenolic OH excluding ortho intramolecular Hbond substituents is 1. The van der Waals surface area contributed by atoms with E-state index in [9.17, 15) is 14.3 Å². The second kappa shape index (κ2) is 9.16. The minimum Gasteiger partial charge on any atom is -0.507 e. The number of benzene rings is 2. The van der Waals surface area contributed by atoms with Crippen LogP contribution < -0.4 is 10.2 Å². The number of aromatic nitrogens is 1. The van der Waals surface area contributed by atoms with Gasteiger partial charge in [-0.15, -0.1) is 0 Å². The smallest absolute Gasteiger partial charge is 0.410 e. The number of hydrogen-bond donors (Lipinski definition) is 2. The van der Waals surface area contributed by atoms with Crippen molar-refractivity contribution in [3.05, 3.63) is 47.9 Å². The van der Waals surface area contributed by atoms with Crippen molar-refractivity contribution in [1.82, 2.24) is 9.88 Å². The van der Waals surface area contributed by atoms with Crippen molar-refractivity contribution >= 4 is 28.4 Å². The molecule has 0 atom stereocenters. The summed E-state index contributed by atoms with van der Waals surface area (Å²) in [5.74, 6) is -3.63. The number of ether oxygens (including phenoxy) is 1. The number of carbonyl (C=O) groups excluding carboxylic acids is 1. The summed E-state index contributed by atoms with van der Waals surface area (Å²) in [4.78, 5) is 20.1. The molecule has 0 spiro atoms. The van der Waals surface area contributed by atoms with Crippen LogP contribution in [0.2, 0.25) is 0 Å². The van der Waals surface area contributed by atoms with E-state index in [2.05, 4.69) is 10.3 Å². The number of anilines is 2. The minimum atomic E-state index is -1.07. The van der Waals surface area contributed by atoms with E-state index in [0.717, 1.165) is 18.2 Å². The number of fused-ring (bicyclic) bond motifs is 1. The van der Waals surface area contributed by atoms with Crippen LogP contribution in [0, 0.1) is 17.5 Å². The number of hydrogen-bond acceptors (Lipinski definition) is 6. The Labute approximate surface area is 201 Å². The number of piperazine rings is 1. The van der Waals surface area contributed by atoms with Gasteiger partial charge in [-0.25, -0.2) is 18.0 Å². The van der Waals surface area contributed by atoms with Crippen LogP contribution in [0.15, 0.2) is 30.5 Å². The summed E-state index contributed by atoms with van der Waals surface area (Å²) in [6.07, 6.45) is 1.00. The molecule has 0 aliphatic carbocycles. The molecular formula is C25H27F3N4O3. The number of halogens is 3. The van der Waals surface area contributed by atoms with Gasteiger partial charge in [0, 0.05) is 38.6 Å². The van der Waals surface area contributed by atoms with Crippen molar-refractivity contribution in [2.24, 2.45) is 0 Å². The molecule has 1 aliphatic heterocycles. The first-order valence-electron chi connectivity index (χ1n) is 11.2. The van der Waals surface area contributed by atoms with Crippen LogP contribution in [0.5, 0.6) is 5.75 Å². The van der Waals surface area contributed by atoms with Crippen LogP contribution in [-0.2, 0) is 4.74 Å². The number of aromatic hydroxyl groups is 1. The lowest BCUT2D eigenvalue weighted by Crippen LogP contribution is -2.50. The van der Waals surface area contributed by atoms with Gasteiger partial charge in [-0.3, -0.25) is 4.98 Å². The summed E-state index contributed by atoms with van der Waals surface area (Å²) in [6.45, 7) is 6.88. The van der Waals surface area contributed by atoms with Gasteiger partial charge in [-0.2, -0.15) is 0 Å². The average molecular weight is 489 g/mol. The standard InChI is InChI=1S/C25H27F3N4O3/c1-25(2,3)35-24(34)32-10-8-31(9-11-32)23-14-12-16(27)20(19-15(26)6-5-7-18(19)33)21(28)22(14)30-13-17(23)29-4/h5-7,12-13,29,33H,8-11H2,1-4H3. The molecule has 1 aliphatic rings. The minimum absolute atomic E-state index is 0.160. The Hall–Kier alpha value is -3.69. The van der Waals surface area contributed by atoms with Crippen LogP contribution >= 0.6 is 0 Å². The van der Waals surface area contributed by atoms with E-state index >= 15 is 8.78 Å². The quantitative estimate of drug-likeness (QED) is 0.533. The second-order valence-electron chi connectivity index (χ2n) is 9.30. The number of rotatable bonds is 3. The largest absolute Gasteiger partial charge is 0.507 e. The van der Waals surface area contributed by atoms with Gasteiger partial charge < -0.3 is 25.0 Å². The zero-order valence-electron chi connectivity index (χ0n) is 20.0. The van der Waals surface area contributed by atoms with Crippen LogP contribution in [-0.4, -0.2) is 59.9 Å². The van der Waals surface area contributed by atoms with E-state index < -0.39 is 46.0 Å². The molecule has 0 unspecified atom stereocenters. The third-order valence-corrected chi connectivity index (χ3v) is 5.78. The van der Waals surface area contributed by atoms with Crippen molar-refractivity contribution in [3.63, 3.8) is 0 Å². The molecule has 186 valence electrons. The maximum atomic E-state index is 15.6. The number of carbonyl (C=O) groups is 1. The molecule has 35 heavy (non-hydrogen) atoms. The molecule has 0 saturated carbocycles. The molecular weight excluding hydrogens is 461 g/mol. The zero-order valence-corrected chi connectivity index (χ0v) is 20.0. The fourth-order valence-corrected chi connectivity index (χ4v) is 4.20. The van der Waals surface area contributed by atoms with Crippen molar-refractivity contribution in [3.8, 4) is 16.9 Å². The monoisotopic (exact) mass is 488 g/mol. The number of amides is 1. The fourth-order valence-electron chi connectivity index (χ4n) is 4.20. The van der Waals surface area contributed by atoms with E-state index in [4.69, 9.17) is 4.74 Å². The number of nitrogens with one attached hydrogen (secondary N) is 1. The van der Waals surface area contributed by atoms with Crippen LogP contribution in [0.25, 0.3) is 22.0 Å². The van der Waals surface area contributed by atoms with Gasteiger partial charge in [0.05, 0.1) is 28.7 Å². The highest BCUT2D eigenvalue weighted by Crippen LogP contribution is 2.41. The van der Waals surface area contributed by atoms with E-state index in [1.807, 2.05) is 4.90 Å². The van der Waals surface area contributed by atoms with Gasteiger partial charge in [0.25, 0.3) is 0 Å². The Morgan fingerprint density at radius 1 is 1.09 bits per heavy atom. The first-order chi connectivity index (χ1) is 16.5. The summed E-state index contributed by atoms with van der Waals surface area (Å²) in [6, 6.07) is 4.53. The normalized spacial score (nSPS) is 14.4. The molecule has 1 saturated heterocycles. The average Bonchev–Trinajstić information content (AvgIpc) is 2.79. The Kier molecular flexibility index (Phi) is 6.40. The van der Waals surface area contributed by atoms with Crippen LogP contribution in [0.1, 0.15) is 20.8 Å². The molecule has 0 radical (unpaired) electrons.